The first kappa shape index (κ1) is 14.8. The molecule has 0 unspecified atom stereocenters. The molecule has 0 fully saturated rings. The molecule has 0 aromatic carbocycles. The third-order valence-corrected chi connectivity index (χ3v) is 1.94. The van der Waals surface area contributed by atoms with E-state index >= 15 is 0 Å². The maximum Gasteiger partial charge on any atom is 0.419 e. The summed E-state index contributed by atoms with van der Waals surface area (Å²) in [5.74, 6) is -7.56. The van der Waals surface area contributed by atoms with Crippen molar-refractivity contribution >= 4 is 11.9 Å². The van der Waals surface area contributed by atoms with Gasteiger partial charge in [0.2, 0.25) is 0 Å². The molecule has 0 aliphatic carbocycles. The van der Waals surface area contributed by atoms with Gasteiger partial charge in [-0.15, -0.1) is 0 Å². The van der Waals surface area contributed by atoms with Crippen LogP contribution < -0.4 is 0 Å². The van der Waals surface area contributed by atoms with Crippen LogP contribution in [-0.2, 0) is 19.1 Å². The predicted molar refractivity (Wildman–Crippen MR) is 51.1 cm³/mol. The van der Waals surface area contributed by atoms with Crippen LogP contribution in [0.3, 0.4) is 0 Å². The lowest BCUT2D eigenvalue weighted by Gasteiger charge is -2.24. The topological polar surface area (TPSA) is 55.8 Å². The molecular weight excluding hydrogens is 224 g/mol. The molecule has 0 spiro atoms. The van der Waals surface area contributed by atoms with Crippen molar-refractivity contribution in [2.45, 2.75) is 12.8 Å². The summed E-state index contributed by atoms with van der Waals surface area (Å²) in [5.41, 5.74) is 0. The molecule has 0 aliphatic heterocycles. The Hall–Kier alpha value is -1.24. The smallest absolute Gasteiger partial charge is 0.419 e. The molecule has 7 heteroatoms. The van der Waals surface area contributed by atoms with Crippen LogP contribution in [0.4, 0.5) is 8.78 Å². The molecule has 1 amide bonds. The number of hydrogen-bond acceptors (Lipinski definition) is 4. The summed E-state index contributed by atoms with van der Waals surface area (Å²) in [6.07, 6.45) is 0. The number of esters is 1. The zero-order valence-corrected chi connectivity index (χ0v) is 9.46. The predicted octanol–water partition coefficient (Wildman–Crippen LogP) is 0.290. The normalized spacial score (nSPS) is 11.1. The number of carbonyl (C=O) groups excluding carboxylic acids is 2. The molecule has 0 saturated heterocycles. The first-order chi connectivity index (χ1) is 7.41. The number of ether oxygens (including phenoxy) is 2. The highest BCUT2D eigenvalue weighted by Crippen LogP contribution is 2.18. The van der Waals surface area contributed by atoms with Gasteiger partial charge < -0.3 is 14.4 Å². The fourth-order valence-corrected chi connectivity index (χ4v) is 1.02. The van der Waals surface area contributed by atoms with Crippen LogP contribution >= 0.6 is 0 Å². The van der Waals surface area contributed by atoms with Crippen molar-refractivity contribution in [1.29, 1.82) is 0 Å². The molecule has 0 aliphatic rings. The highest BCUT2D eigenvalue weighted by molar-refractivity contribution is 6.04. The molecule has 0 saturated carbocycles. The number of likely N-dealkylation sites (N-methyl/N-ethyl adjacent to an activating group) is 1. The van der Waals surface area contributed by atoms with E-state index in [0.717, 1.165) is 12.0 Å². The Morgan fingerprint density at radius 2 is 1.88 bits per heavy atom. The number of rotatable bonds is 6. The number of carbonyl (C=O) groups is 2. The van der Waals surface area contributed by atoms with Crippen LogP contribution in [0.15, 0.2) is 0 Å². The summed E-state index contributed by atoms with van der Waals surface area (Å²) in [7, 11) is 2.19. The molecule has 0 atom stereocenters. The van der Waals surface area contributed by atoms with E-state index < -0.39 is 17.8 Å². The summed E-state index contributed by atoms with van der Waals surface area (Å²) < 4.78 is 34.9. The maximum atomic E-state index is 13.2. The SMILES string of the molecule is CCN(CCOC)C(=O)C(F)(F)C(=O)OC. The third kappa shape index (κ3) is 3.41. The summed E-state index contributed by atoms with van der Waals surface area (Å²) in [4.78, 5) is 22.9. The first-order valence-electron chi connectivity index (χ1n) is 4.66. The molecule has 0 rings (SSSR count). The standard InChI is InChI=1S/C9H15F2NO4/c1-4-12(5-6-15-2)7(13)9(10,11)8(14)16-3/h4-6H2,1-3H3. The highest BCUT2D eigenvalue weighted by atomic mass is 19.3. The average molecular weight is 239 g/mol. The van der Waals surface area contributed by atoms with E-state index in [1.165, 1.54) is 14.0 Å². The Kier molecular flexibility index (Phi) is 5.87. The molecule has 16 heavy (non-hydrogen) atoms. The second-order valence-electron chi connectivity index (χ2n) is 2.94. The highest BCUT2D eigenvalue weighted by Gasteiger charge is 2.50. The third-order valence-electron chi connectivity index (χ3n) is 1.94. The van der Waals surface area contributed by atoms with Crippen LogP contribution in [0.1, 0.15) is 6.92 Å². The Morgan fingerprint density at radius 3 is 2.25 bits per heavy atom. The van der Waals surface area contributed by atoms with Crippen molar-refractivity contribution in [1.82, 2.24) is 4.90 Å². The molecule has 0 N–H and O–H groups in total. The zero-order chi connectivity index (χ0) is 12.8. The van der Waals surface area contributed by atoms with Gasteiger partial charge in [0, 0.05) is 20.2 Å². The number of hydrogen-bond donors (Lipinski definition) is 0. The maximum absolute atomic E-state index is 13.2. The van der Waals surface area contributed by atoms with Crippen LogP contribution in [-0.4, -0.2) is 56.6 Å². The second kappa shape index (κ2) is 6.37. The van der Waals surface area contributed by atoms with E-state index in [0.29, 0.717) is 0 Å². The lowest BCUT2D eigenvalue weighted by Crippen LogP contribution is -2.49. The summed E-state index contributed by atoms with van der Waals surface area (Å²) in [6, 6.07) is 0. The fourth-order valence-electron chi connectivity index (χ4n) is 1.02. The van der Waals surface area contributed by atoms with Crippen molar-refractivity contribution in [3.05, 3.63) is 0 Å². The Labute approximate surface area is 92.3 Å². The number of alkyl halides is 2. The van der Waals surface area contributed by atoms with Gasteiger partial charge in [0.25, 0.3) is 0 Å². The lowest BCUT2D eigenvalue weighted by atomic mass is 10.3. The fraction of sp³-hybridized carbons (Fsp3) is 0.778. The molecule has 94 valence electrons. The monoisotopic (exact) mass is 239 g/mol. The summed E-state index contributed by atoms with van der Waals surface area (Å²) in [5, 5.41) is 0. The molecule has 0 radical (unpaired) electrons. The van der Waals surface area contributed by atoms with Gasteiger partial charge in [-0.25, -0.2) is 4.79 Å². The van der Waals surface area contributed by atoms with Gasteiger partial charge in [0.05, 0.1) is 13.7 Å². The van der Waals surface area contributed by atoms with E-state index in [9.17, 15) is 18.4 Å². The Bertz CT molecular complexity index is 258. The van der Waals surface area contributed by atoms with Crippen molar-refractivity contribution in [2.24, 2.45) is 0 Å². The quantitative estimate of drug-likeness (QED) is 0.494. The lowest BCUT2D eigenvalue weighted by molar-refractivity contribution is -0.181. The van der Waals surface area contributed by atoms with E-state index in [2.05, 4.69) is 9.47 Å². The van der Waals surface area contributed by atoms with Gasteiger partial charge in [-0.2, -0.15) is 8.78 Å². The van der Waals surface area contributed by atoms with Gasteiger partial charge >= 0.3 is 17.8 Å². The number of nitrogens with zero attached hydrogens (tertiary/aromatic N) is 1. The van der Waals surface area contributed by atoms with Crippen LogP contribution in [0.25, 0.3) is 0 Å². The average Bonchev–Trinajstić information content (AvgIpc) is 2.28. The van der Waals surface area contributed by atoms with E-state index in [-0.39, 0.29) is 19.7 Å². The van der Waals surface area contributed by atoms with Gasteiger partial charge in [-0.3, -0.25) is 4.79 Å². The second-order valence-corrected chi connectivity index (χ2v) is 2.94. The van der Waals surface area contributed by atoms with Gasteiger partial charge in [-0.05, 0) is 6.92 Å². The molecule has 0 bridgehead atoms. The van der Waals surface area contributed by atoms with Crippen molar-refractivity contribution in [3.63, 3.8) is 0 Å². The molecule has 0 aromatic heterocycles. The largest absolute Gasteiger partial charge is 0.464 e. The van der Waals surface area contributed by atoms with Crippen LogP contribution in [0.5, 0.6) is 0 Å². The van der Waals surface area contributed by atoms with E-state index in [1.54, 1.807) is 0 Å². The molecular formula is C9H15F2NO4. The van der Waals surface area contributed by atoms with Gasteiger partial charge in [0.15, 0.2) is 0 Å². The Balaban J connectivity index is 4.66. The minimum Gasteiger partial charge on any atom is -0.464 e. The summed E-state index contributed by atoms with van der Waals surface area (Å²) in [6.45, 7) is 1.71. The van der Waals surface area contributed by atoms with Gasteiger partial charge in [0.1, 0.15) is 0 Å². The summed E-state index contributed by atoms with van der Waals surface area (Å²) >= 11 is 0. The van der Waals surface area contributed by atoms with Crippen LogP contribution in [0.2, 0.25) is 0 Å². The zero-order valence-electron chi connectivity index (χ0n) is 9.46. The van der Waals surface area contributed by atoms with E-state index in [4.69, 9.17) is 0 Å². The first-order valence-corrected chi connectivity index (χ1v) is 4.66. The minimum atomic E-state index is -4.14. The minimum absolute atomic E-state index is 0.00157. The van der Waals surface area contributed by atoms with Crippen molar-refractivity contribution in [2.75, 3.05) is 33.9 Å². The molecule has 5 nitrogen and oxygen atoms in total. The Morgan fingerprint density at radius 1 is 1.31 bits per heavy atom. The molecule has 0 heterocycles. The number of halogens is 2. The molecule has 0 aromatic rings. The van der Waals surface area contributed by atoms with E-state index in [1.807, 2.05) is 0 Å². The van der Waals surface area contributed by atoms with Gasteiger partial charge in [-0.1, -0.05) is 0 Å². The number of methoxy groups -OCH3 is 2. The van der Waals surface area contributed by atoms with Crippen LogP contribution in [0, 0.1) is 0 Å². The van der Waals surface area contributed by atoms with Crippen molar-refractivity contribution < 1.29 is 27.8 Å². The van der Waals surface area contributed by atoms with Crippen molar-refractivity contribution in [3.8, 4) is 0 Å². The number of amides is 1.